The van der Waals surface area contributed by atoms with Crippen molar-refractivity contribution < 1.29 is 23.0 Å². The van der Waals surface area contributed by atoms with Crippen LogP contribution in [0.2, 0.25) is 0 Å². The standard InChI is InChI=1S/C15H19F2NO3/c1-20-14(19)15(18)7-2-3-10(15)6-8-21-13-5-4-11(16)9-12(13)17/h4-5,9-10H,2-3,6-8,18H2,1H3. The second-order valence-corrected chi connectivity index (χ2v) is 5.33. The molecule has 116 valence electrons. The van der Waals surface area contributed by atoms with E-state index in [4.69, 9.17) is 15.2 Å². The third-order valence-corrected chi connectivity index (χ3v) is 4.05. The molecule has 1 aromatic carbocycles. The van der Waals surface area contributed by atoms with Gasteiger partial charge < -0.3 is 15.2 Å². The lowest BCUT2D eigenvalue weighted by atomic mass is 9.86. The number of hydrogen-bond donors (Lipinski definition) is 1. The van der Waals surface area contributed by atoms with Crippen molar-refractivity contribution in [2.24, 2.45) is 11.7 Å². The number of carbonyl (C=O) groups excluding carboxylic acids is 1. The van der Waals surface area contributed by atoms with E-state index in [2.05, 4.69) is 0 Å². The number of rotatable bonds is 5. The lowest BCUT2D eigenvalue weighted by Crippen LogP contribution is -2.52. The Morgan fingerprint density at radius 1 is 1.48 bits per heavy atom. The number of methoxy groups -OCH3 is 1. The third-order valence-electron chi connectivity index (χ3n) is 4.05. The maximum absolute atomic E-state index is 13.4. The molecular weight excluding hydrogens is 280 g/mol. The molecule has 0 heterocycles. The molecule has 4 nitrogen and oxygen atoms in total. The molecule has 0 aliphatic heterocycles. The number of carbonyl (C=O) groups is 1. The van der Waals surface area contributed by atoms with Crippen LogP contribution in [0.15, 0.2) is 18.2 Å². The zero-order chi connectivity index (χ0) is 15.5. The Labute approximate surface area is 122 Å². The fourth-order valence-electron chi connectivity index (χ4n) is 2.87. The maximum atomic E-state index is 13.4. The summed E-state index contributed by atoms with van der Waals surface area (Å²) in [5.74, 6) is -1.88. The first-order valence-electron chi connectivity index (χ1n) is 6.92. The Hall–Kier alpha value is -1.69. The van der Waals surface area contributed by atoms with Gasteiger partial charge >= 0.3 is 5.97 Å². The van der Waals surface area contributed by atoms with Crippen molar-refractivity contribution in [2.45, 2.75) is 31.2 Å². The number of benzene rings is 1. The molecule has 6 heteroatoms. The SMILES string of the molecule is COC(=O)C1(N)CCCC1CCOc1ccc(F)cc1F. The van der Waals surface area contributed by atoms with Gasteiger partial charge in [-0.2, -0.15) is 0 Å². The first kappa shape index (κ1) is 15.7. The van der Waals surface area contributed by atoms with Crippen molar-refractivity contribution in [2.75, 3.05) is 13.7 Å². The predicted octanol–water partition coefficient (Wildman–Crippen LogP) is 2.40. The number of nitrogens with two attached hydrogens (primary N) is 1. The highest BCUT2D eigenvalue weighted by Crippen LogP contribution is 2.37. The predicted molar refractivity (Wildman–Crippen MR) is 72.7 cm³/mol. The number of esters is 1. The van der Waals surface area contributed by atoms with Crippen molar-refractivity contribution in [1.29, 1.82) is 0 Å². The van der Waals surface area contributed by atoms with Crippen LogP contribution >= 0.6 is 0 Å². The molecule has 1 aromatic rings. The van der Waals surface area contributed by atoms with Crippen molar-refractivity contribution in [3.05, 3.63) is 29.8 Å². The molecular formula is C15H19F2NO3. The number of halogens is 2. The van der Waals surface area contributed by atoms with Crippen LogP contribution in [0, 0.1) is 17.6 Å². The van der Waals surface area contributed by atoms with Gasteiger partial charge in [0.05, 0.1) is 13.7 Å². The molecule has 1 fully saturated rings. The zero-order valence-corrected chi connectivity index (χ0v) is 11.9. The summed E-state index contributed by atoms with van der Waals surface area (Å²) in [6, 6.07) is 3.15. The van der Waals surface area contributed by atoms with E-state index in [9.17, 15) is 13.6 Å². The van der Waals surface area contributed by atoms with Crippen LogP contribution in [0.5, 0.6) is 5.75 Å². The monoisotopic (exact) mass is 299 g/mol. The molecule has 2 rings (SSSR count). The fourth-order valence-corrected chi connectivity index (χ4v) is 2.87. The molecule has 21 heavy (non-hydrogen) atoms. The Bertz CT molecular complexity index is 524. The van der Waals surface area contributed by atoms with E-state index in [1.165, 1.54) is 13.2 Å². The summed E-state index contributed by atoms with van der Waals surface area (Å²) in [4.78, 5) is 11.8. The second-order valence-electron chi connectivity index (χ2n) is 5.33. The zero-order valence-electron chi connectivity index (χ0n) is 11.9. The van der Waals surface area contributed by atoms with E-state index in [-0.39, 0.29) is 18.3 Å². The molecule has 0 amide bonds. The summed E-state index contributed by atoms with van der Waals surface area (Å²) in [5, 5.41) is 0. The highest BCUT2D eigenvalue weighted by Gasteiger charge is 2.46. The summed E-state index contributed by atoms with van der Waals surface area (Å²) >= 11 is 0. The van der Waals surface area contributed by atoms with E-state index in [1.54, 1.807) is 0 Å². The molecule has 0 radical (unpaired) electrons. The quantitative estimate of drug-likeness (QED) is 0.848. The van der Waals surface area contributed by atoms with Gasteiger partial charge in [0.15, 0.2) is 11.6 Å². The van der Waals surface area contributed by atoms with Crippen molar-refractivity contribution in [1.82, 2.24) is 0 Å². The van der Waals surface area contributed by atoms with Crippen molar-refractivity contribution >= 4 is 5.97 Å². The van der Waals surface area contributed by atoms with Crippen LogP contribution in [0.1, 0.15) is 25.7 Å². The lowest BCUT2D eigenvalue weighted by molar-refractivity contribution is -0.148. The van der Waals surface area contributed by atoms with Gasteiger partial charge in [-0.3, -0.25) is 4.79 Å². The first-order chi connectivity index (χ1) is 9.97. The highest BCUT2D eigenvalue weighted by molar-refractivity contribution is 5.81. The van der Waals surface area contributed by atoms with Gasteiger partial charge in [-0.15, -0.1) is 0 Å². The van der Waals surface area contributed by atoms with Crippen molar-refractivity contribution in [3.8, 4) is 5.75 Å². The minimum Gasteiger partial charge on any atom is -0.491 e. The van der Waals surface area contributed by atoms with Crippen LogP contribution in [0.3, 0.4) is 0 Å². The first-order valence-corrected chi connectivity index (χ1v) is 6.92. The molecule has 2 atom stereocenters. The Balaban J connectivity index is 1.92. The molecule has 2 N–H and O–H groups in total. The van der Waals surface area contributed by atoms with E-state index < -0.39 is 23.1 Å². The van der Waals surface area contributed by atoms with Gasteiger partial charge in [0.1, 0.15) is 11.4 Å². The average molecular weight is 299 g/mol. The van der Waals surface area contributed by atoms with Crippen LogP contribution in [-0.2, 0) is 9.53 Å². The highest BCUT2D eigenvalue weighted by atomic mass is 19.1. The normalized spacial score (nSPS) is 24.9. The van der Waals surface area contributed by atoms with E-state index in [0.717, 1.165) is 25.0 Å². The van der Waals surface area contributed by atoms with Gasteiger partial charge in [0.2, 0.25) is 0 Å². The summed E-state index contributed by atoms with van der Waals surface area (Å²) in [6.45, 7) is 0.211. The van der Waals surface area contributed by atoms with E-state index in [1.807, 2.05) is 0 Å². The topological polar surface area (TPSA) is 61.5 Å². The van der Waals surface area contributed by atoms with Gasteiger partial charge in [0.25, 0.3) is 0 Å². The van der Waals surface area contributed by atoms with Crippen molar-refractivity contribution in [3.63, 3.8) is 0 Å². The Morgan fingerprint density at radius 2 is 2.24 bits per heavy atom. The summed E-state index contributed by atoms with van der Waals surface area (Å²) in [6.07, 6.45) is 2.75. The van der Waals surface area contributed by atoms with Gasteiger partial charge in [-0.25, -0.2) is 8.78 Å². The summed E-state index contributed by atoms with van der Waals surface area (Å²) in [7, 11) is 1.32. The molecule has 2 unspecified atom stereocenters. The summed E-state index contributed by atoms with van der Waals surface area (Å²) < 4.78 is 36.3. The van der Waals surface area contributed by atoms with Gasteiger partial charge in [-0.1, -0.05) is 6.42 Å². The lowest BCUT2D eigenvalue weighted by Gasteiger charge is -2.28. The largest absolute Gasteiger partial charge is 0.491 e. The molecule has 1 aliphatic rings. The van der Waals surface area contributed by atoms with Crippen LogP contribution in [0.25, 0.3) is 0 Å². The molecule has 0 spiro atoms. The number of hydrogen-bond acceptors (Lipinski definition) is 4. The maximum Gasteiger partial charge on any atom is 0.326 e. The second kappa shape index (κ2) is 6.39. The van der Waals surface area contributed by atoms with Gasteiger partial charge in [0, 0.05) is 6.07 Å². The fraction of sp³-hybridized carbons (Fsp3) is 0.533. The van der Waals surface area contributed by atoms with Gasteiger partial charge in [-0.05, 0) is 37.3 Å². The molecule has 0 aromatic heterocycles. The van der Waals surface area contributed by atoms with Crippen LogP contribution in [0.4, 0.5) is 8.78 Å². The summed E-state index contributed by atoms with van der Waals surface area (Å²) in [5.41, 5.74) is 5.15. The minimum absolute atomic E-state index is 0.00455. The molecule has 0 bridgehead atoms. The molecule has 1 saturated carbocycles. The smallest absolute Gasteiger partial charge is 0.326 e. The van der Waals surface area contributed by atoms with Crippen LogP contribution < -0.4 is 10.5 Å². The van der Waals surface area contributed by atoms with E-state index >= 15 is 0 Å². The average Bonchev–Trinajstić information content (AvgIpc) is 2.83. The Kier molecular flexibility index (Phi) is 4.77. The Morgan fingerprint density at radius 3 is 2.90 bits per heavy atom. The number of ether oxygens (including phenoxy) is 2. The third kappa shape index (κ3) is 3.32. The molecule has 1 aliphatic carbocycles. The minimum atomic E-state index is -0.987. The van der Waals surface area contributed by atoms with E-state index in [0.29, 0.717) is 12.8 Å². The molecule has 0 saturated heterocycles. The van der Waals surface area contributed by atoms with Crippen LogP contribution in [-0.4, -0.2) is 25.2 Å².